The van der Waals surface area contributed by atoms with Gasteiger partial charge in [-0.1, -0.05) is 6.07 Å². The molecular weight excluding hydrogens is 587 g/mol. The van der Waals surface area contributed by atoms with Crippen molar-refractivity contribution in [1.82, 2.24) is 10.2 Å². The molecular formula is C31H37N4O8P. The van der Waals surface area contributed by atoms with Gasteiger partial charge in [0.15, 0.2) is 23.1 Å². The molecule has 1 unspecified atom stereocenters. The molecule has 0 aliphatic heterocycles. The first-order valence-electron chi connectivity index (χ1n) is 14.1. The summed E-state index contributed by atoms with van der Waals surface area (Å²) in [6, 6.07) is 5.32. The molecule has 44 heavy (non-hydrogen) atoms. The van der Waals surface area contributed by atoms with Gasteiger partial charge in [0, 0.05) is 49.9 Å². The molecule has 1 fully saturated rings. The van der Waals surface area contributed by atoms with Crippen LogP contribution in [0.2, 0.25) is 0 Å². The van der Waals surface area contributed by atoms with Crippen molar-refractivity contribution in [2.45, 2.75) is 37.1 Å². The zero-order chi connectivity index (χ0) is 32.4. The van der Waals surface area contributed by atoms with E-state index in [1.165, 1.54) is 12.1 Å². The van der Waals surface area contributed by atoms with Gasteiger partial charge in [-0.15, -0.1) is 9.24 Å². The zero-order valence-corrected chi connectivity index (χ0v) is 26.0. The second-order valence-electron chi connectivity index (χ2n) is 12.1. The Morgan fingerprint density at radius 2 is 1.73 bits per heavy atom. The summed E-state index contributed by atoms with van der Waals surface area (Å²) in [6.07, 6.45) is 0.510. The van der Waals surface area contributed by atoms with Gasteiger partial charge in [-0.25, -0.2) is 0 Å². The summed E-state index contributed by atoms with van der Waals surface area (Å²) in [4.78, 5) is 43.4. The van der Waals surface area contributed by atoms with Crippen LogP contribution in [0.15, 0.2) is 41.2 Å². The fourth-order valence-corrected chi connectivity index (χ4v) is 7.59. The molecule has 0 saturated heterocycles. The molecule has 0 aromatic heterocycles. The third kappa shape index (κ3) is 4.68. The first kappa shape index (κ1) is 31.3. The van der Waals surface area contributed by atoms with Gasteiger partial charge in [0.05, 0.1) is 11.6 Å². The normalized spacial score (nSPS) is 24.7. The number of phenols is 3. The maximum Gasteiger partial charge on any atom is 0.255 e. The number of allylic oxidation sites excluding steroid dienone is 2. The lowest BCUT2D eigenvalue weighted by Gasteiger charge is -2.51. The number of carbonyl (C=O) groups is 3. The van der Waals surface area contributed by atoms with Crippen molar-refractivity contribution in [1.29, 1.82) is 0 Å². The molecule has 2 aromatic carbocycles. The van der Waals surface area contributed by atoms with Gasteiger partial charge in [0.2, 0.25) is 0 Å². The van der Waals surface area contributed by atoms with Crippen molar-refractivity contribution in [2.75, 3.05) is 33.1 Å². The average molecular weight is 625 g/mol. The number of aliphatic hydroxyl groups is 2. The van der Waals surface area contributed by atoms with Crippen molar-refractivity contribution >= 4 is 38.2 Å². The highest BCUT2D eigenvalue weighted by Crippen LogP contribution is 2.57. The number of hydrogen-bond donors (Lipinski definition) is 7. The smallest absolute Gasteiger partial charge is 0.255 e. The maximum absolute atomic E-state index is 14.3. The lowest BCUT2D eigenvalue weighted by molar-refractivity contribution is -0.130. The van der Waals surface area contributed by atoms with Crippen molar-refractivity contribution in [2.24, 2.45) is 17.6 Å². The molecule has 5 atom stereocenters. The summed E-state index contributed by atoms with van der Waals surface area (Å²) in [5, 5.41) is 55.2. The molecule has 5 rings (SSSR count). The van der Waals surface area contributed by atoms with Crippen LogP contribution in [0, 0.1) is 11.8 Å². The predicted molar refractivity (Wildman–Crippen MR) is 166 cm³/mol. The number of likely N-dealkylation sites (N-methyl/N-ethyl adjacent to an activating group) is 1. The van der Waals surface area contributed by atoms with E-state index < -0.39 is 57.6 Å². The van der Waals surface area contributed by atoms with Gasteiger partial charge in [-0.05, 0) is 62.2 Å². The molecule has 3 aliphatic rings. The topological polar surface area (TPSA) is 197 Å². The first-order valence-corrected chi connectivity index (χ1v) is 14.7. The third-order valence-electron chi connectivity index (χ3n) is 9.05. The Kier molecular flexibility index (Phi) is 7.90. The number of ketones is 2. The largest absolute Gasteiger partial charge is 0.510 e. The molecule has 0 spiro atoms. The Bertz CT molecular complexity index is 1670. The number of phenolic OH excluding ortho intramolecular Hbond substituents is 3. The fraction of sp³-hybridized carbons (Fsp3) is 0.387. The van der Waals surface area contributed by atoms with Gasteiger partial charge in [-0.3, -0.25) is 19.3 Å². The quantitative estimate of drug-likeness (QED) is 0.134. The molecule has 3 aliphatic carbocycles. The number of benzene rings is 2. The predicted octanol–water partition coefficient (Wildman–Crippen LogP) is 1.61. The Morgan fingerprint density at radius 3 is 2.32 bits per heavy atom. The second-order valence-corrected chi connectivity index (χ2v) is 13.1. The molecule has 0 bridgehead atoms. The molecule has 0 heterocycles. The number of aliphatic hydroxyl groups excluding tert-OH is 2. The van der Waals surface area contributed by atoms with Crippen LogP contribution in [-0.4, -0.2) is 87.3 Å². The standard InChI is InChI=1S/C31H37N4O8P/c1-34(2)18-10-15(12-33-11-13-5-6-19(36)20(37)7-13)25(38)22-16(18)8-14-9-17-24(35(3)4)27(40)23(30(32)43)29(42)31(17,44)28(41)21(14)26(22)39/h5-7,10,14,17,24,33,36-39,42H,8-9,11-12,44H2,1-4H3,(H2,32,43)/t14-,17-,24-,31-/m0/s1. The molecule has 1 saturated carbocycles. The van der Waals surface area contributed by atoms with Gasteiger partial charge in [-0.2, -0.15) is 0 Å². The SMILES string of the molecule is CN(C)c1cc(CNCc2ccc(O)c(O)c2)c(O)c2c1C[C@H]1C[C@H]3[C@H](N(C)C)C(=O)C(C(N)=O)=C(O)[C@@]3(P)C(=O)C1=C2O. The van der Waals surface area contributed by atoms with Crippen LogP contribution >= 0.6 is 9.24 Å². The van der Waals surface area contributed by atoms with Gasteiger partial charge >= 0.3 is 0 Å². The van der Waals surface area contributed by atoms with Crippen molar-refractivity contribution in [3.63, 3.8) is 0 Å². The highest BCUT2D eigenvalue weighted by atomic mass is 31.0. The summed E-state index contributed by atoms with van der Waals surface area (Å²) in [5.41, 5.74) is 7.46. The lowest BCUT2D eigenvalue weighted by atomic mass is 9.59. The lowest BCUT2D eigenvalue weighted by Crippen LogP contribution is -2.63. The minimum atomic E-state index is -1.79. The number of rotatable bonds is 7. The number of Topliss-reactive ketones (excluding diaryl/α,β-unsaturated/α-hetero) is 2. The van der Waals surface area contributed by atoms with E-state index in [1.54, 1.807) is 31.1 Å². The second kappa shape index (κ2) is 11.1. The Hall–Kier alpha value is -4.12. The van der Waals surface area contributed by atoms with Gasteiger partial charge in [0.25, 0.3) is 5.91 Å². The summed E-state index contributed by atoms with van der Waals surface area (Å²) in [6.45, 7) is 0.459. The van der Waals surface area contributed by atoms with E-state index in [4.69, 9.17) is 5.73 Å². The molecule has 0 radical (unpaired) electrons. The summed E-state index contributed by atoms with van der Waals surface area (Å²) >= 11 is 0. The molecule has 1 amide bonds. The average Bonchev–Trinajstić information content (AvgIpc) is 2.93. The van der Waals surface area contributed by atoms with Gasteiger partial charge in [0.1, 0.15) is 28.0 Å². The minimum Gasteiger partial charge on any atom is -0.510 e. The van der Waals surface area contributed by atoms with Crippen molar-refractivity contribution in [3.8, 4) is 17.2 Å². The van der Waals surface area contributed by atoms with Crippen molar-refractivity contribution < 1.29 is 39.9 Å². The Balaban J connectivity index is 1.60. The molecule has 12 nitrogen and oxygen atoms in total. The van der Waals surface area contributed by atoms with E-state index in [1.807, 2.05) is 19.0 Å². The first-order chi connectivity index (χ1) is 20.6. The zero-order valence-electron chi connectivity index (χ0n) is 24.9. The van der Waals surface area contributed by atoms with Crippen LogP contribution in [0.5, 0.6) is 17.2 Å². The number of carbonyl (C=O) groups excluding carboxylic acids is 3. The number of nitrogens with two attached hydrogens (primary N) is 1. The Morgan fingerprint density at radius 1 is 1.05 bits per heavy atom. The highest BCUT2D eigenvalue weighted by molar-refractivity contribution is 7.22. The van der Waals surface area contributed by atoms with Crippen LogP contribution < -0.4 is 16.0 Å². The fourth-order valence-electron chi connectivity index (χ4n) is 6.97. The van der Waals surface area contributed by atoms with Crippen LogP contribution in [-0.2, 0) is 33.9 Å². The van der Waals surface area contributed by atoms with Crippen LogP contribution in [0.25, 0.3) is 5.76 Å². The highest BCUT2D eigenvalue weighted by Gasteiger charge is 2.62. The van der Waals surface area contributed by atoms with E-state index in [9.17, 15) is 39.9 Å². The van der Waals surface area contributed by atoms with E-state index in [0.717, 1.165) is 5.69 Å². The van der Waals surface area contributed by atoms with Crippen LogP contribution in [0.3, 0.4) is 0 Å². The number of fused-ring (bicyclic) bond motifs is 3. The molecule has 2 aromatic rings. The molecule has 234 valence electrons. The maximum atomic E-state index is 14.3. The summed E-state index contributed by atoms with van der Waals surface area (Å²) < 4.78 is 0. The van der Waals surface area contributed by atoms with Crippen LogP contribution in [0.1, 0.15) is 28.7 Å². The number of aromatic hydroxyl groups is 3. The monoisotopic (exact) mass is 624 g/mol. The van der Waals surface area contributed by atoms with Crippen LogP contribution in [0.4, 0.5) is 5.69 Å². The number of hydrogen-bond acceptors (Lipinski definition) is 11. The number of amides is 1. The van der Waals surface area contributed by atoms with Gasteiger partial charge < -0.3 is 41.5 Å². The number of anilines is 1. The number of primary amides is 1. The Labute approximate surface area is 256 Å². The molecule has 8 N–H and O–H groups in total. The summed E-state index contributed by atoms with van der Waals surface area (Å²) in [5.74, 6) is -5.59. The summed E-state index contributed by atoms with van der Waals surface area (Å²) in [7, 11) is 9.30. The minimum absolute atomic E-state index is 0.00987. The van der Waals surface area contributed by atoms with E-state index >= 15 is 0 Å². The van der Waals surface area contributed by atoms with E-state index in [2.05, 4.69) is 14.6 Å². The van der Waals surface area contributed by atoms with E-state index in [-0.39, 0.29) is 47.8 Å². The van der Waals surface area contributed by atoms with E-state index in [0.29, 0.717) is 23.2 Å². The number of nitrogens with one attached hydrogen (secondary N) is 1. The number of nitrogens with zero attached hydrogens (tertiary/aromatic N) is 2. The van der Waals surface area contributed by atoms with Crippen molar-refractivity contribution in [3.05, 3.63) is 63.4 Å². The third-order valence-corrected chi connectivity index (χ3v) is 10.0. The molecule has 13 heteroatoms.